The fraction of sp³-hybridized carbons (Fsp3) is 0.240. The lowest BCUT2D eigenvalue weighted by Gasteiger charge is -2.32. The highest BCUT2D eigenvalue weighted by Crippen LogP contribution is 2.40. The Balaban J connectivity index is 1.22. The van der Waals surface area contributed by atoms with E-state index >= 15 is 0 Å². The number of anilines is 3. The highest BCUT2D eigenvalue weighted by molar-refractivity contribution is 9.10. The van der Waals surface area contributed by atoms with E-state index in [1.54, 1.807) is 0 Å². The van der Waals surface area contributed by atoms with Crippen molar-refractivity contribution in [2.45, 2.75) is 5.66 Å². The van der Waals surface area contributed by atoms with Gasteiger partial charge in [-0.3, -0.25) is 8.71 Å². The van der Waals surface area contributed by atoms with Crippen LogP contribution in [0.5, 0.6) is 0 Å². The largest absolute Gasteiger partial charge is 0.446 e. The number of carbonyl (C=O) groups is 1. The Bertz CT molecular complexity index is 2210. The van der Waals surface area contributed by atoms with Crippen LogP contribution in [0, 0.1) is 11.6 Å². The zero-order valence-corrected chi connectivity index (χ0v) is 28.7. The van der Waals surface area contributed by atoms with Gasteiger partial charge in [0, 0.05) is 13.1 Å². The smallest absolute Gasteiger partial charge is 0.395 e. The Morgan fingerprint density at radius 1 is 0.920 bits per heavy atom. The van der Waals surface area contributed by atoms with Gasteiger partial charge in [0.05, 0.1) is 33.5 Å². The minimum atomic E-state index is -4.64. The zero-order chi connectivity index (χ0) is 35.6. The van der Waals surface area contributed by atoms with Crippen LogP contribution in [-0.2, 0) is 24.8 Å². The number of carbonyl (C=O) groups excluding carboxylic acids is 1. The summed E-state index contributed by atoms with van der Waals surface area (Å²) in [5.41, 5.74) is -0.0873. The van der Waals surface area contributed by atoms with Gasteiger partial charge in [0.1, 0.15) is 17.4 Å². The molecule has 4 heterocycles. The molecule has 264 valence electrons. The van der Waals surface area contributed by atoms with Crippen molar-refractivity contribution in [3.05, 3.63) is 73.2 Å². The molecule has 1 fully saturated rings. The average molecular weight is 850 g/mol. The summed E-state index contributed by atoms with van der Waals surface area (Å²) in [4.78, 5) is 31.4. The quantitative estimate of drug-likeness (QED) is 0.0923. The molecule has 25 heteroatoms. The van der Waals surface area contributed by atoms with Gasteiger partial charge >= 0.3 is 11.8 Å². The average Bonchev–Trinajstić information content (AvgIpc) is 3.88. The van der Waals surface area contributed by atoms with E-state index in [4.69, 9.17) is 22.8 Å². The minimum absolute atomic E-state index is 0.0216. The van der Waals surface area contributed by atoms with Crippen LogP contribution in [0.25, 0.3) is 17.2 Å². The second-order valence-corrected chi connectivity index (χ2v) is 13.3. The standard InChI is InChI=1S/C25H20Br2F2N10O10S/c26-14-9-12(1-3-16(14)28)38-22(36-46-23(38)41)18-20(34-48-32-18)31-6-8-45-50(43,44)11-25(19-21(30-5-7-40)35-49-33-19)37-47-24(42)39(25)13-2-4-17(29)15(27)10-13/h1-4,9-10,37,40H,5-8,11H2,(H,30,35)(H,31,34). The molecule has 1 amide bonds. The molecule has 0 aliphatic carbocycles. The number of hydrogen-bond acceptors (Lipinski definition) is 18. The van der Waals surface area contributed by atoms with Crippen LogP contribution in [0.2, 0.25) is 0 Å². The van der Waals surface area contributed by atoms with Crippen molar-refractivity contribution in [2.75, 3.05) is 47.6 Å². The first-order valence-electron chi connectivity index (χ1n) is 13.8. The van der Waals surface area contributed by atoms with Gasteiger partial charge in [-0.2, -0.15) is 8.42 Å². The number of nitrogens with zero attached hydrogens (tertiary/aromatic N) is 7. The predicted molar refractivity (Wildman–Crippen MR) is 169 cm³/mol. The molecule has 0 spiro atoms. The molecule has 1 saturated heterocycles. The maximum atomic E-state index is 14.1. The van der Waals surface area contributed by atoms with Gasteiger partial charge in [-0.25, -0.2) is 37.1 Å². The summed E-state index contributed by atoms with van der Waals surface area (Å²) in [6, 6.07) is 7.14. The lowest BCUT2D eigenvalue weighted by molar-refractivity contribution is 0.0963. The lowest BCUT2D eigenvalue weighted by Crippen LogP contribution is -2.55. The number of nitrogens with one attached hydrogen (secondary N) is 3. The van der Waals surface area contributed by atoms with Crippen molar-refractivity contribution in [1.29, 1.82) is 0 Å². The van der Waals surface area contributed by atoms with Crippen molar-refractivity contribution < 1.29 is 49.9 Å². The maximum absolute atomic E-state index is 14.1. The molecule has 1 unspecified atom stereocenters. The second kappa shape index (κ2) is 14.2. The Morgan fingerprint density at radius 2 is 1.58 bits per heavy atom. The second-order valence-electron chi connectivity index (χ2n) is 9.99. The summed E-state index contributed by atoms with van der Waals surface area (Å²) in [5, 5.41) is 33.4. The van der Waals surface area contributed by atoms with Gasteiger partial charge in [0.25, 0.3) is 10.1 Å². The normalized spacial score (nSPS) is 16.2. The maximum Gasteiger partial charge on any atom is 0.446 e. The number of aliphatic hydroxyl groups excluding tert-OH is 1. The summed E-state index contributed by atoms with van der Waals surface area (Å²) in [6.07, 6.45) is -1.10. The number of halogens is 4. The van der Waals surface area contributed by atoms with Gasteiger partial charge in [-0.1, -0.05) is 5.16 Å². The van der Waals surface area contributed by atoms with E-state index in [1.165, 1.54) is 24.3 Å². The van der Waals surface area contributed by atoms with Crippen LogP contribution in [-0.4, -0.2) is 82.0 Å². The zero-order valence-electron chi connectivity index (χ0n) is 24.7. The SMILES string of the molecule is O=C1ONC(CS(=O)(=O)OCCNc2nonc2-c2noc(=O)n2-c2ccc(F)c(Br)c2)(c2nonc2NCCO)N1c1ccc(F)c(Br)c1. The van der Waals surface area contributed by atoms with Crippen LogP contribution in [0.15, 0.2) is 63.9 Å². The molecular weight excluding hydrogens is 830 g/mol. The first-order chi connectivity index (χ1) is 23.9. The van der Waals surface area contributed by atoms with E-state index in [2.05, 4.69) is 73.8 Å². The fourth-order valence-electron chi connectivity index (χ4n) is 4.73. The molecule has 2 aromatic carbocycles. The van der Waals surface area contributed by atoms with Crippen molar-refractivity contribution in [2.24, 2.45) is 0 Å². The van der Waals surface area contributed by atoms with E-state index in [0.29, 0.717) is 0 Å². The molecule has 6 rings (SSSR count). The monoisotopic (exact) mass is 848 g/mol. The van der Waals surface area contributed by atoms with E-state index in [-0.39, 0.29) is 68.9 Å². The Morgan fingerprint density at radius 3 is 2.30 bits per heavy atom. The van der Waals surface area contributed by atoms with Crippen LogP contribution in [0.1, 0.15) is 5.69 Å². The Kier molecular flexibility index (Phi) is 9.94. The molecule has 0 saturated carbocycles. The third kappa shape index (κ3) is 6.81. The number of benzene rings is 2. The highest BCUT2D eigenvalue weighted by atomic mass is 79.9. The molecule has 1 aliphatic rings. The lowest BCUT2D eigenvalue weighted by atomic mass is 10.1. The number of rotatable bonds is 14. The van der Waals surface area contributed by atoms with Crippen molar-refractivity contribution in [3.8, 4) is 17.2 Å². The molecular formula is C25H20Br2F2N10O10S. The van der Waals surface area contributed by atoms with Gasteiger partial charge < -0.3 is 20.6 Å². The van der Waals surface area contributed by atoms with Crippen molar-refractivity contribution in [3.63, 3.8) is 0 Å². The van der Waals surface area contributed by atoms with E-state index in [1.807, 2.05) is 0 Å². The van der Waals surface area contributed by atoms with Gasteiger partial charge in [0.2, 0.25) is 11.6 Å². The third-order valence-corrected chi connectivity index (χ3v) is 9.34. The van der Waals surface area contributed by atoms with Crippen molar-refractivity contribution >= 4 is 65.4 Å². The molecule has 0 bridgehead atoms. The molecule has 3 aromatic heterocycles. The highest BCUT2D eigenvalue weighted by Gasteiger charge is 2.57. The van der Waals surface area contributed by atoms with Crippen LogP contribution in [0.4, 0.5) is 30.9 Å². The predicted octanol–water partition coefficient (Wildman–Crippen LogP) is 2.24. The van der Waals surface area contributed by atoms with Crippen LogP contribution in [0.3, 0.4) is 0 Å². The summed E-state index contributed by atoms with van der Waals surface area (Å²) in [5.74, 6) is -3.67. The number of hydrogen-bond donors (Lipinski definition) is 4. The topological polar surface area (TPSA) is 255 Å². The number of hydroxylamine groups is 1. The summed E-state index contributed by atoms with van der Waals surface area (Å²) >= 11 is 6.09. The first-order valence-corrected chi connectivity index (χ1v) is 17.0. The van der Waals surface area contributed by atoms with Gasteiger partial charge in [0.15, 0.2) is 22.9 Å². The summed E-state index contributed by atoms with van der Waals surface area (Å²) in [6.45, 7) is -1.20. The fourth-order valence-corrected chi connectivity index (χ4v) is 6.72. The summed E-state index contributed by atoms with van der Waals surface area (Å²) < 4.78 is 75.5. The summed E-state index contributed by atoms with van der Waals surface area (Å²) in [7, 11) is -4.64. The molecule has 50 heavy (non-hydrogen) atoms. The number of amides is 1. The Hall–Kier alpha value is -4.82. The van der Waals surface area contributed by atoms with Crippen molar-refractivity contribution in [1.82, 2.24) is 35.8 Å². The van der Waals surface area contributed by atoms with Gasteiger partial charge in [-0.05, 0) is 88.9 Å². The number of aromatic nitrogens is 6. The van der Waals surface area contributed by atoms with E-state index in [9.17, 15) is 31.9 Å². The molecule has 0 radical (unpaired) electrons. The van der Waals surface area contributed by atoms with Crippen LogP contribution >= 0.6 is 31.9 Å². The van der Waals surface area contributed by atoms with E-state index in [0.717, 1.165) is 21.6 Å². The minimum Gasteiger partial charge on any atom is -0.395 e. The molecule has 1 aliphatic heterocycles. The van der Waals surface area contributed by atoms with Gasteiger partial charge in [-0.15, -0.1) is 5.48 Å². The van der Waals surface area contributed by atoms with E-state index < -0.39 is 51.6 Å². The molecule has 1 atom stereocenters. The molecule has 5 aromatic rings. The number of aliphatic hydroxyl groups is 1. The molecule has 20 nitrogen and oxygen atoms in total. The van der Waals surface area contributed by atoms with Crippen LogP contribution < -0.4 is 26.8 Å². The third-order valence-electron chi connectivity index (χ3n) is 6.83. The first kappa shape index (κ1) is 35.0. The molecule has 4 N–H and O–H groups in total. The Labute approximate surface area is 293 Å².